The maximum absolute atomic E-state index is 13.3. The first-order valence-corrected chi connectivity index (χ1v) is 15.3. The van der Waals surface area contributed by atoms with Crippen LogP contribution in [0, 0.1) is 5.82 Å². The van der Waals surface area contributed by atoms with E-state index in [-0.39, 0.29) is 25.0 Å². The predicted octanol–water partition coefficient (Wildman–Crippen LogP) is -0.397. The van der Waals surface area contributed by atoms with E-state index < -0.39 is 76.8 Å². The fourth-order valence-electron chi connectivity index (χ4n) is 4.47. The highest BCUT2D eigenvalue weighted by molar-refractivity contribution is 7.84. The molecule has 1 aromatic heterocycles. The highest BCUT2D eigenvalue weighted by atomic mass is 32.2. The number of H-pyrrole nitrogens is 1. The lowest BCUT2D eigenvalue weighted by Crippen LogP contribution is -2.58. The first kappa shape index (κ1) is 33.9. The number of halogens is 1. The number of aliphatic carboxylic acids is 1. The Morgan fingerprint density at radius 2 is 1.52 bits per heavy atom. The molecule has 13 nitrogen and oxygen atoms in total. The number of amides is 4. The molecular formula is C29H35FN6O7S. The van der Waals surface area contributed by atoms with E-state index in [2.05, 4.69) is 20.9 Å². The Kier molecular flexibility index (Phi) is 12.1. The summed E-state index contributed by atoms with van der Waals surface area (Å²) in [5, 5.41) is 17.4. The van der Waals surface area contributed by atoms with Crippen molar-refractivity contribution in [1.29, 1.82) is 0 Å². The second kappa shape index (κ2) is 15.7. The van der Waals surface area contributed by atoms with Gasteiger partial charge in [-0.05, 0) is 42.2 Å². The Labute approximate surface area is 254 Å². The fraction of sp³-hybridized carbons (Fsp3) is 0.345. The molecule has 0 saturated carbocycles. The lowest BCUT2D eigenvalue weighted by molar-refractivity contribution is -0.141. The van der Waals surface area contributed by atoms with E-state index in [9.17, 15) is 37.7 Å². The number of nitrogens with two attached hydrogens (primary N) is 2. The summed E-state index contributed by atoms with van der Waals surface area (Å²) in [5.74, 6) is -5.51. The Morgan fingerprint density at radius 3 is 2.16 bits per heavy atom. The monoisotopic (exact) mass is 630 g/mol. The van der Waals surface area contributed by atoms with Crippen LogP contribution in [0.15, 0.2) is 54.7 Å². The van der Waals surface area contributed by atoms with Gasteiger partial charge < -0.3 is 37.5 Å². The Morgan fingerprint density at radius 1 is 0.909 bits per heavy atom. The summed E-state index contributed by atoms with van der Waals surface area (Å²) in [6, 6.07) is 7.19. The van der Waals surface area contributed by atoms with E-state index in [4.69, 9.17) is 11.5 Å². The number of aromatic nitrogens is 1. The van der Waals surface area contributed by atoms with Gasteiger partial charge in [0, 0.05) is 46.3 Å². The second-order valence-electron chi connectivity index (χ2n) is 10.3. The molecule has 44 heavy (non-hydrogen) atoms. The largest absolute Gasteiger partial charge is 0.481 e. The number of aromatic amines is 1. The number of hydrogen-bond donors (Lipinski definition) is 7. The van der Waals surface area contributed by atoms with E-state index >= 15 is 0 Å². The summed E-state index contributed by atoms with van der Waals surface area (Å²) in [6.45, 7) is 0. The molecule has 236 valence electrons. The molecule has 0 aliphatic heterocycles. The summed E-state index contributed by atoms with van der Waals surface area (Å²) >= 11 is 0. The topological polar surface area (TPSA) is 227 Å². The standard InChI is InChI=1S/C29H35FN6O7S/c1-44(43)11-10-22(34-27(40)20(31)13-17-15-33-21-5-3-2-4-19(17)21)28(41)36-24(14-25(37)38)29(42)35-23(26(32)39)12-16-6-8-18(30)9-7-16/h2-9,15,20,22-24,33H,10-14,31H2,1H3,(H2,32,39)(H,34,40)(H,35,42)(H,36,41)(H,37,38)/t20-,22+,23+,24+,44?/m1/s1. The average Bonchev–Trinajstić information content (AvgIpc) is 3.37. The highest BCUT2D eigenvalue weighted by Gasteiger charge is 2.31. The summed E-state index contributed by atoms with van der Waals surface area (Å²) in [4.78, 5) is 66.0. The van der Waals surface area contributed by atoms with Crippen LogP contribution in [0.25, 0.3) is 10.9 Å². The summed E-state index contributed by atoms with van der Waals surface area (Å²) in [6.07, 6.45) is 2.19. The first-order valence-electron chi connectivity index (χ1n) is 13.6. The third-order valence-electron chi connectivity index (χ3n) is 6.80. The molecular weight excluding hydrogens is 595 g/mol. The molecule has 9 N–H and O–H groups in total. The minimum absolute atomic E-state index is 0.00721. The molecule has 3 aromatic rings. The van der Waals surface area contributed by atoms with Crippen molar-refractivity contribution in [3.63, 3.8) is 0 Å². The third-order valence-corrected chi connectivity index (χ3v) is 7.61. The van der Waals surface area contributed by atoms with Gasteiger partial charge in [0.2, 0.25) is 23.6 Å². The number of carbonyl (C=O) groups is 5. The average molecular weight is 631 g/mol. The quantitative estimate of drug-likeness (QED) is 0.110. The number of carboxylic acid groups (broad SMARTS) is 1. The van der Waals surface area contributed by atoms with E-state index in [0.717, 1.165) is 28.6 Å². The fourth-order valence-corrected chi connectivity index (χ4v) is 5.04. The number of para-hydroxylation sites is 1. The Bertz CT molecular complexity index is 1530. The molecule has 4 amide bonds. The first-order chi connectivity index (χ1) is 20.8. The Balaban J connectivity index is 1.72. The van der Waals surface area contributed by atoms with Crippen LogP contribution in [0.2, 0.25) is 0 Å². The minimum atomic E-state index is -1.67. The zero-order valence-electron chi connectivity index (χ0n) is 23.9. The van der Waals surface area contributed by atoms with Crippen molar-refractivity contribution in [2.24, 2.45) is 11.5 Å². The lowest BCUT2D eigenvalue weighted by Gasteiger charge is -2.25. The van der Waals surface area contributed by atoms with Crippen LogP contribution >= 0.6 is 0 Å². The number of nitrogens with one attached hydrogen (secondary N) is 4. The van der Waals surface area contributed by atoms with Gasteiger partial charge in [0.15, 0.2) is 0 Å². The van der Waals surface area contributed by atoms with Crippen molar-refractivity contribution in [2.45, 2.75) is 49.9 Å². The number of rotatable bonds is 16. The van der Waals surface area contributed by atoms with Crippen molar-refractivity contribution in [3.8, 4) is 0 Å². The van der Waals surface area contributed by atoms with Crippen LogP contribution in [-0.2, 0) is 47.6 Å². The van der Waals surface area contributed by atoms with Crippen LogP contribution in [0.1, 0.15) is 24.0 Å². The van der Waals surface area contributed by atoms with Gasteiger partial charge in [0.05, 0.1) is 12.5 Å². The van der Waals surface area contributed by atoms with Crippen molar-refractivity contribution >= 4 is 51.3 Å². The minimum Gasteiger partial charge on any atom is -0.481 e. The van der Waals surface area contributed by atoms with Gasteiger partial charge in [-0.2, -0.15) is 0 Å². The van der Waals surface area contributed by atoms with Crippen LogP contribution in [0.4, 0.5) is 4.39 Å². The molecule has 0 spiro atoms. The number of hydrogen-bond acceptors (Lipinski definition) is 7. The van der Waals surface area contributed by atoms with Crippen LogP contribution in [-0.4, -0.2) is 80.1 Å². The zero-order chi connectivity index (χ0) is 32.4. The molecule has 0 bridgehead atoms. The van der Waals surface area contributed by atoms with E-state index in [0.29, 0.717) is 5.56 Å². The molecule has 2 aromatic carbocycles. The molecule has 0 saturated heterocycles. The van der Waals surface area contributed by atoms with Crippen LogP contribution < -0.4 is 27.4 Å². The molecule has 15 heteroatoms. The van der Waals surface area contributed by atoms with Crippen molar-refractivity contribution in [3.05, 3.63) is 71.7 Å². The van der Waals surface area contributed by atoms with Crippen LogP contribution in [0.3, 0.4) is 0 Å². The number of primary amides is 1. The zero-order valence-corrected chi connectivity index (χ0v) is 24.7. The van der Waals surface area contributed by atoms with Gasteiger partial charge in [-0.15, -0.1) is 0 Å². The number of carboxylic acids is 1. The highest BCUT2D eigenvalue weighted by Crippen LogP contribution is 2.19. The number of carbonyl (C=O) groups excluding carboxylic acids is 4. The number of fused-ring (bicyclic) bond motifs is 1. The lowest BCUT2D eigenvalue weighted by atomic mass is 10.0. The Hall–Kier alpha value is -4.63. The van der Waals surface area contributed by atoms with Gasteiger partial charge in [-0.25, -0.2) is 4.39 Å². The van der Waals surface area contributed by atoms with Crippen molar-refractivity contribution in [1.82, 2.24) is 20.9 Å². The molecule has 0 radical (unpaired) electrons. The van der Waals surface area contributed by atoms with Crippen LogP contribution in [0.5, 0.6) is 0 Å². The van der Waals surface area contributed by atoms with Gasteiger partial charge >= 0.3 is 5.97 Å². The van der Waals surface area contributed by atoms with Gasteiger partial charge in [-0.3, -0.25) is 28.2 Å². The van der Waals surface area contributed by atoms with E-state index in [1.807, 2.05) is 24.3 Å². The molecule has 0 aliphatic carbocycles. The van der Waals surface area contributed by atoms with E-state index in [1.54, 1.807) is 6.20 Å². The molecule has 0 fully saturated rings. The second-order valence-corrected chi connectivity index (χ2v) is 11.8. The molecule has 1 heterocycles. The molecule has 0 aliphatic rings. The normalized spacial score (nSPS) is 14.5. The molecule has 5 atom stereocenters. The van der Waals surface area contributed by atoms with E-state index in [1.165, 1.54) is 18.4 Å². The third kappa shape index (κ3) is 9.98. The maximum Gasteiger partial charge on any atom is 0.305 e. The molecule has 1 unspecified atom stereocenters. The summed E-state index contributed by atoms with van der Waals surface area (Å²) < 4.78 is 25.0. The van der Waals surface area contributed by atoms with Crippen molar-refractivity contribution < 1.29 is 37.7 Å². The smallest absolute Gasteiger partial charge is 0.305 e. The van der Waals surface area contributed by atoms with Gasteiger partial charge in [0.1, 0.15) is 23.9 Å². The van der Waals surface area contributed by atoms with Crippen molar-refractivity contribution in [2.75, 3.05) is 12.0 Å². The van der Waals surface area contributed by atoms with Gasteiger partial charge in [-0.1, -0.05) is 30.3 Å². The molecule has 3 rings (SSSR count). The van der Waals surface area contributed by atoms with Gasteiger partial charge in [0.25, 0.3) is 0 Å². The maximum atomic E-state index is 13.3. The summed E-state index contributed by atoms with van der Waals surface area (Å²) in [7, 11) is -1.35. The number of benzene rings is 2. The summed E-state index contributed by atoms with van der Waals surface area (Å²) in [5.41, 5.74) is 13.7. The predicted molar refractivity (Wildman–Crippen MR) is 161 cm³/mol. The SMILES string of the molecule is CS(=O)CC[C@H](NC(=O)[C@H](N)Cc1c[nH]c2ccccc12)C(=O)N[C@@H](CC(=O)O)C(=O)N[C@@H](Cc1ccc(F)cc1)C(N)=O.